The number of amides is 1. The number of imidazole rings is 1. The Morgan fingerprint density at radius 2 is 1.59 bits per heavy atom. The number of carbonyl (C=O) groups is 1. The first kappa shape index (κ1) is 35.8. The smallest absolute Gasteiger partial charge is 0.493 e. The minimum Gasteiger partial charge on any atom is -0.493 e. The molecule has 13 heteroatoms. The molecule has 0 aliphatic carbocycles. The highest BCUT2D eigenvalue weighted by Crippen LogP contribution is 2.38. The summed E-state index contributed by atoms with van der Waals surface area (Å²) >= 11 is 0. The Balaban J connectivity index is 1.26. The molecule has 2 heterocycles. The molecule has 0 N–H and O–H groups in total. The normalized spacial score (nSPS) is 14.8. The first-order valence-corrected chi connectivity index (χ1v) is 16.4. The number of aromatic nitrogens is 2. The minimum atomic E-state index is -4.68. The van der Waals surface area contributed by atoms with Crippen LogP contribution in [0.15, 0.2) is 66.7 Å². The number of carbonyl (C=O) groups excluding carboxylic acids is 1. The minimum absolute atomic E-state index is 0.0383. The fourth-order valence-electron chi connectivity index (χ4n) is 6.44. The highest BCUT2D eigenvalue weighted by atomic mass is 19.4. The zero-order chi connectivity index (χ0) is 35.0. The summed E-state index contributed by atoms with van der Waals surface area (Å²) in [5, 5.41) is 0. The van der Waals surface area contributed by atoms with Gasteiger partial charge in [0.25, 0.3) is 5.91 Å². The van der Waals surface area contributed by atoms with Crippen LogP contribution in [-0.4, -0.2) is 106 Å². The van der Waals surface area contributed by atoms with Crippen molar-refractivity contribution >= 4 is 22.9 Å². The van der Waals surface area contributed by atoms with Crippen LogP contribution in [0.5, 0.6) is 17.2 Å². The van der Waals surface area contributed by atoms with Crippen LogP contribution in [0, 0.1) is 0 Å². The van der Waals surface area contributed by atoms with E-state index in [0.29, 0.717) is 41.8 Å². The van der Waals surface area contributed by atoms with Crippen LogP contribution in [0.1, 0.15) is 34.7 Å². The quantitative estimate of drug-likeness (QED) is 0.159. The molecule has 10 nitrogen and oxygen atoms in total. The lowest BCUT2D eigenvalue weighted by Crippen LogP contribution is -2.35. The van der Waals surface area contributed by atoms with Gasteiger partial charge in [0, 0.05) is 51.3 Å². The Kier molecular flexibility index (Phi) is 11.9. The molecule has 1 saturated heterocycles. The Hall–Kier alpha value is -4.49. The van der Waals surface area contributed by atoms with Gasteiger partial charge in [-0.05, 0) is 55.8 Å². The van der Waals surface area contributed by atoms with Crippen molar-refractivity contribution in [2.24, 2.45) is 0 Å². The van der Waals surface area contributed by atoms with Gasteiger partial charge in [-0.25, -0.2) is 4.98 Å². The molecule has 0 spiro atoms. The number of para-hydroxylation sites is 2. The summed E-state index contributed by atoms with van der Waals surface area (Å²) in [6.45, 7) is 3.91. The van der Waals surface area contributed by atoms with E-state index in [-0.39, 0.29) is 18.4 Å². The fourth-order valence-corrected chi connectivity index (χ4v) is 6.44. The zero-order valence-corrected chi connectivity index (χ0v) is 28.4. The van der Waals surface area contributed by atoms with Crippen molar-refractivity contribution in [3.8, 4) is 17.2 Å². The van der Waals surface area contributed by atoms with E-state index in [9.17, 15) is 18.0 Å². The summed E-state index contributed by atoms with van der Waals surface area (Å²) in [6, 6.07) is 21.0. The predicted molar refractivity (Wildman–Crippen MR) is 182 cm³/mol. The topological polar surface area (TPSA) is 81.5 Å². The number of benzene rings is 3. The number of ether oxygens (including phenoxy) is 4. The fraction of sp³-hybridized carbons (Fsp3) is 0.444. The van der Waals surface area contributed by atoms with Gasteiger partial charge < -0.3 is 33.5 Å². The number of likely N-dealkylation sites (N-methyl/N-ethyl adjacent to an activating group) is 1. The monoisotopic (exact) mass is 683 g/mol. The van der Waals surface area contributed by atoms with Gasteiger partial charge in [-0.3, -0.25) is 9.53 Å². The molecule has 49 heavy (non-hydrogen) atoms. The molecule has 0 saturated carbocycles. The van der Waals surface area contributed by atoms with Crippen molar-refractivity contribution in [3.63, 3.8) is 0 Å². The van der Waals surface area contributed by atoms with Crippen LogP contribution in [0.3, 0.4) is 0 Å². The number of rotatable bonds is 14. The molecule has 5 rings (SSSR count). The third-order valence-electron chi connectivity index (χ3n) is 8.90. The predicted octanol–water partition coefficient (Wildman–Crippen LogP) is 6.06. The highest BCUT2D eigenvalue weighted by molar-refractivity contribution is 5.95. The zero-order valence-electron chi connectivity index (χ0n) is 28.4. The van der Waals surface area contributed by atoms with Crippen LogP contribution in [0.25, 0.3) is 11.0 Å². The van der Waals surface area contributed by atoms with E-state index in [1.807, 2.05) is 47.0 Å². The van der Waals surface area contributed by atoms with Gasteiger partial charge in [0.05, 0.1) is 39.0 Å². The van der Waals surface area contributed by atoms with Crippen molar-refractivity contribution in [1.82, 2.24) is 19.4 Å². The Bertz CT molecular complexity index is 1660. The standard InChI is InChI=1S/C36H44F3N5O5/c1-41(34(45)28-23-31(46-2)33(48-4)32(24-28)47-3)25-27(26-11-6-5-7-12-26)15-18-42-16-10-17-43(20-19-42)35-40-29-13-8-9-14-30(29)44(35)21-22-49-36(37,38)39/h5-9,11-14,23-24,27H,10,15-22,25H2,1-4H3. The van der Waals surface area contributed by atoms with E-state index in [1.165, 1.54) is 21.3 Å². The molecule has 1 aliphatic rings. The lowest BCUT2D eigenvalue weighted by atomic mass is 9.94. The number of hydrogen-bond donors (Lipinski definition) is 0. The summed E-state index contributed by atoms with van der Waals surface area (Å²) in [4.78, 5) is 24.8. The first-order chi connectivity index (χ1) is 23.6. The first-order valence-electron chi connectivity index (χ1n) is 16.4. The molecule has 1 atom stereocenters. The number of anilines is 1. The van der Waals surface area contributed by atoms with Gasteiger partial charge >= 0.3 is 6.36 Å². The molecule has 264 valence electrons. The van der Waals surface area contributed by atoms with E-state index in [4.69, 9.17) is 19.2 Å². The molecule has 1 unspecified atom stereocenters. The van der Waals surface area contributed by atoms with Crippen molar-refractivity contribution in [2.75, 3.05) is 79.2 Å². The summed E-state index contributed by atoms with van der Waals surface area (Å²) in [6.07, 6.45) is -2.99. The van der Waals surface area contributed by atoms with Crippen LogP contribution in [0.4, 0.5) is 19.1 Å². The maximum atomic E-state index is 13.7. The van der Waals surface area contributed by atoms with Gasteiger partial charge in [-0.1, -0.05) is 42.5 Å². The van der Waals surface area contributed by atoms with Gasteiger partial charge in [0.2, 0.25) is 11.7 Å². The molecule has 0 bridgehead atoms. The van der Waals surface area contributed by atoms with E-state index in [0.717, 1.165) is 55.6 Å². The Morgan fingerprint density at radius 3 is 2.27 bits per heavy atom. The maximum Gasteiger partial charge on any atom is 0.522 e. The molecule has 1 aliphatic heterocycles. The molecule has 1 aromatic heterocycles. The average Bonchev–Trinajstić information content (AvgIpc) is 3.30. The Labute approximate surface area is 284 Å². The van der Waals surface area contributed by atoms with Crippen molar-refractivity contribution in [1.29, 1.82) is 0 Å². The molecule has 1 amide bonds. The van der Waals surface area contributed by atoms with Crippen LogP contribution in [-0.2, 0) is 11.3 Å². The van der Waals surface area contributed by atoms with Crippen LogP contribution >= 0.6 is 0 Å². The van der Waals surface area contributed by atoms with E-state index in [2.05, 4.69) is 26.7 Å². The molecule has 1 fully saturated rings. The molecular weight excluding hydrogens is 639 g/mol. The van der Waals surface area contributed by atoms with Crippen molar-refractivity contribution in [2.45, 2.75) is 31.7 Å². The van der Waals surface area contributed by atoms with Crippen LogP contribution < -0.4 is 19.1 Å². The number of methoxy groups -OCH3 is 3. The highest BCUT2D eigenvalue weighted by Gasteiger charge is 2.29. The van der Waals surface area contributed by atoms with Crippen LogP contribution in [0.2, 0.25) is 0 Å². The second kappa shape index (κ2) is 16.3. The second-order valence-electron chi connectivity index (χ2n) is 12.0. The largest absolute Gasteiger partial charge is 0.522 e. The number of halogens is 3. The van der Waals surface area contributed by atoms with E-state index >= 15 is 0 Å². The average molecular weight is 684 g/mol. The SMILES string of the molecule is COc1cc(C(=O)N(C)CC(CCN2CCCN(c3nc4ccccc4n3CCOC(F)(F)F)CC2)c2ccccc2)cc(OC)c1OC. The lowest BCUT2D eigenvalue weighted by Gasteiger charge is -2.28. The summed E-state index contributed by atoms with van der Waals surface area (Å²) in [5.41, 5.74) is 3.10. The summed E-state index contributed by atoms with van der Waals surface area (Å²) in [7, 11) is 6.37. The molecule has 3 aromatic carbocycles. The maximum absolute atomic E-state index is 13.7. The second-order valence-corrected chi connectivity index (χ2v) is 12.0. The third-order valence-corrected chi connectivity index (χ3v) is 8.90. The summed E-state index contributed by atoms with van der Waals surface area (Å²) in [5.74, 6) is 1.83. The number of alkyl halides is 3. The van der Waals surface area contributed by atoms with Crippen molar-refractivity contribution in [3.05, 3.63) is 77.9 Å². The molecular formula is C36H44F3N5O5. The van der Waals surface area contributed by atoms with E-state index < -0.39 is 13.0 Å². The third kappa shape index (κ3) is 8.95. The number of fused-ring (bicyclic) bond motifs is 1. The lowest BCUT2D eigenvalue weighted by molar-refractivity contribution is -0.325. The van der Waals surface area contributed by atoms with Crippen molar-refractivity contribution < 1.29 is 36.9 Å². The van der Waals surface area contributed by atoms with E-state index in [1.54, 1.807) is 24.1 Å². The number of nitrogens with zero attached hydrogens (tertiary/aromatic N) is 5. The van der Waals surface area contributed by atoms with Gasteiger partial charge in [-0.2, -0.15) is 0 Å². The molecule has 0 radical (unpaired) electrons. The Morgan fingerprint density at radius 1 is 0.898 bits per heavy atom. The van der Waals surface area contributed by atoms with Gasteiger partial charge in [0.1, 0.15) is 0 Å². The summed E-state index contributed by atoms with van der Waals surface area (Å²) < 4.78 is 60.6. The molecule has 4 aromatic rings. The number of hydrogen-bond acceptors (Lipinski definition) is 8. The van der Waals surface area contributed by atoms with Gasteiger partial charge in [-0.15, -0.1) is 13.2 Å². The van der Waals surface area contributed by atoms with Gasteiger partial charge in [0.15, 0.2) is 11.5 Å².